The second-order valence-corrected chi connectivity index (χ2v) is 5.86. The molecule has 1 aliphatic carbocycles. The number of nitrogens with one attached hydrogen (secondary N) is 2. The Labute approximate surface area is 131 Å². The normalized spacial score (nSPS) is 13.9. The van der Waals surface area contributed by atoms with Crippen LogP contribution in [0.3, 0.4) is 0 Å². The topological polar surface area (TPSA) is 41.1 Å². The number of benzene rings is 2. The number of hydrogen-bond donors (Lipinski definition) is 2. The number of fused-ring (bicyclic) bond motifs is 1. The van der Waals surface area contributed by atoms with Crippen LogP contribution >= 0.6 is 0 Å². The van der Waals surface area contributed by atoms with Gasteiger partial charge in [-0.2, -0.15) is 0 Å². The maximum absolute atomic E-state index is 12.6. The molecule has 0 radical (unpaired) electrons. The molecule has 0 spiro atoms. The summed E-state index contributed by atoms with van der Waals surface area (Å²) >= 11 is 0. The Balaban J connectivity index is 1.68. The standard InChI is InChI=1S/C19H22N2O/c1-20-11-10-14-6-4-5-9-18(14)19(22)21-17-12-15-7-2-3-8-16(15)13-17/h2-9,17,20H,10-13H2,1H3,(H,21,22). The monoisotopic (exact) mass is 294 g/mol. The minimum absolute atomic E-state index is 0.0458. The molecule has 0 saturated carbocycles. The van der Waals surface area contributed by atoms with Gasteiger partial charge in [-0.15, -0.1) is 0 Å². The largest absolute Gasteiger partial charge is 0.349 e. The van der Waals surface area contributed by atoms with Gasteiger partial charge in [-0.25, -0.2) is 0 Å². The van der Waals surface area contributed by atoms with Crippen molar-refractivity contribution in [1.82, 2.24) is 10.6 Å². The van der Waals surface area contributed by atoms with E-state index in [0.717, 1.165) is 36.9 Å². The molecule has 0 aromatic heterocycles. The van der Waals surface area contributed by atoms with E-state index >= 15 is 0 Å². The van der Waals surface area contributed by atoms with Crippen molar-refractivity contribution in [2.24, 2.45) is 0 Å². The third kappa shape index (κ3) is 3.20. The van der Waals surface area contributed by atoms with Crippen LogP contribution in [0.1, 0.15) is 27.0 Å². The van der Waals surface area contributed by atoms with Gasteiger partial charge < -0.3 is 10.6 Å². The Kier molecular flexibility index (Phi) is 4.54. The Morgan fingerprint density at radius 3 is 2.36 bits per heavy atom. The first-order valence-corrected chi connectivity index (χ1v) is 7.88. The van der Waals surface area contributed by atoms with Gasteiger partial charge in [0.25, 0.3) is 5.91 Å². The van der Waals surface area contributed by atoms with Crippen LogP contribution in [0.4, 0.5) is 0 Å². The number of carbonyl (C=O) groups excluding carboxylic acids is 1. The number of likely N-dealkylation sites (N-methyl/N-ethyl adjacent to an activating group) is 1. The van der Waals surface area contributed by atoms with Crippen LogP contribution in [0.2, 0.25) is 0 Å². The van der Waals surface area contributed by atoms with Crippen LogP contribution in [0.5, 0.6) is 0 Å². The van der Waals surface area contributed by atoms with Gasteiger partial charge in [-0.3, -0.25) is 4.79 Å². The number of hydrogen-bond acceptors (Lipinski definition) is 2. The van der Waals surface area contributed by atoms with Crippen molar-refractivity contribution in [2.75, 3.05) is 13.6 Å². The third-order valence-electron chi connectivity index (χ3n) is 4.29. The van der Waals surface area contributed by atoms with Gasteiger partial charge in [0.05, 0.1) is 0 Å². The van der Waals surface area contributed by atoms with E-state index in [1.54, 1.807) is 0 Å². The predicted molar refractivity (Wildman–Crippen MR) is 89.2 cm³/mol. The van der Waals surface area contributed by atoms with E-state index in [1.807, 2.05) is 31.3 Å². The maximum Gasteiger partial charge on any atom is 0.251 e. The van der Waals surface area contributed by atoms with Crippen molar-refractivity contribution in [1.29, 1.82) is 0 Å². The molecule has 0 fully saturated rings. The van der Waals surface area contributed by atoms with Crippen LogP contribution in [-0.4, -0.2) is 25.5 Å². The Morgan fingerprint density at radius 2 is 1.68 bits per heavy atom. The Morgan fingerprint density at radius 1 is 1.05 bits per heavy atom. The summed E-state index contributed by atoms with van der Waals surface area (Å²) in [5.74, 6) is 0.0458. The van der Waals surface area contributed by atoms with Crippen LogP contribution in [-0.2, 0) is 19.3 Å². The van der Waals surface area contributed by atoms with E-state index in [-0.39, 0.29) is 11.9 Å². The molecule has 0 saturated heterocycles. The fourth-order valence-electron chi connectivity index (χ4n) is 3.14. The minimum Gasteiger partial charge on any atom is -0.349 e. The lowest BCUT2D eigenvalue weighted by Gasteiger charge is -2.14. The predicted octanol–water partition coefficient (Wildman–Crippen LogP) is 2.35. The molecule has 0 bridgehead atoms. The van der Waals surface area contributed by atoms with Gasteiger partial charge in [-0.05, 0) is 55.6 Å². The Hall–Kier alpha value is -2.13. The van der Waals surface area contributed by atoms with Crippen LogP contribution in [0.15, 0.2) is 48.5 Å². The maximum atomic E-state index is 12.6. The molecule has 0 atom stereocenters. The molecule has 3 nitrogen and oxygen atoms in total. The first kappa shape index (κ1) is 14.8. The highest BCUT2D eigenvalue weighted by Crippen LogP contribution is 2.22. The number of amides is 1. The molecular formula is C19H22N2O. The van der Waals surface area contributed by atoms with Gasteiger partial charge in [0.15, 0.2) is 0 Å². The summed E-state index contributed by atoms with van der Waals surface area (Å²) in [7, 11) is 1.93. The van der Waals surface area contributed by atoms with Gasteiger partial charge in [0, 0.05) is 11.6 Å². The van der Waals surface area contributed by atoms with E-state index in [0.29, 0.717) is 0 Å². The average molecular weight is 294 g/mol. The van der Waals surface area contributed by atoms with Crippen molar-refractivity contribution in [3.63, 3.8) is 0 Å². The first-order valence-electron chi connectivity index (χ1n) is 7.88. The van der Waals surface area contributed by atoms with Gasteiger partial charge in [0.1, 0.15) is 0 Å². The summed E-state index contributed by atoms with van der Waals surface area (Å²) < 4.78 is 0. The average Bonchev–Trinajstić information content (AvgIpc) is 2.95. The summed E-state index contributed by atoms with van der Waals surface area (Å²) in [6.45, 7) is 0.874. The molecule has 2 aromatic carbocycles. The molecule has 3 heteroatoms. The molecule has 0 unspecified atom stereocenters. The van der Waals surface area contributed by atoms with Crippen molar-refractivity contribution >= 4 is 5.91 Å². The highest BCUT2D eigenvalue weighted by Gasteiger charge is 2.23. The molecular weight excluding hydrogens is 272 g/mol. The van der Waals surface area contributed by atoms with Crippen molar-refractivity contribution in [3.05, 3.63) is 70.8 Å². The molecule has 1 amide bonds. The van der Waals surface area contributed by atoms with Crippen LogP contribution in [0.25, 0.3) is 0 Å². The molecule has 2 N–H and O–H groups in total. The van der Waals surface area contributed by atoms with E-state index in [1.165, 1.54) is 11.1 Å². The quantitative estimate of drug-likeness (QED) is 0.889. The van der Waals surface area contributed by atoms with E-state index in [4.69, 9.17) is 0 Å². The minimum atomic E-state index is 0.0458. The number of rotatable bonds is 5. The summed E-state index contributed by atoms with van der Waals surface area (Å²) in [5, 5.41) is 6.34. The van der Waals surface area contributed by atoms with E-state index in [9.17, 15) is 4.79 Å². The molecule has 2 aromatic rings. The third-order valence-corrected chi connectivity index (χ3v) is 4.29. The molecule has 3 rings (SSSR count). The van der Waals surface area contributed by atoms with Crippen LogP contribution in [0, 0.1) is 0 Å². The zero-order chi connectivity index (χ0) is 15.4. The highest BCUT2D eigenvalue weighted by atomic mass is 16.1. The molecule has 1 aliphatic rings. The molecule has 22 heavy (non-hydrogen) atoms. The van der Waals surface area contributed by atoms with Crippen LogP contribution < -0.4 is 10.6 Å². The van der Waals surface area contributed by atoms with Crippen molar-refractivity contribution < 1.29 is 4.79 Å². The lowest BCUT2D eigenvalue weighted by molar-refractivity contribution is 0.0937. The van der Waals surface area contributed by atoms with E-state index in [2.05, 4.69) is 34.9 Å². The fourth-order valence-corrected chi connectivity index (χ4v) is 3.14. The molecule has 114 valence electrons. The second kappa shape index (κ2) is 6.75. The first-order chi connectivity index (χ1) is 10.8. The number of carbonyl (C=O) groups is 1. The summed E-state index contributed by atoms with van der Waals surface area (Å²) in [6, 6.07) is 16.5. The lowest BCUT2D eigenvalue weighted by atomic mass is 10.0. The van der Waals surface area contributed by atoms with Gasteiger partial charge in [-0.1, -0.05) is 42.5 Å². The SMILES string of the molecule is CNCCc1ccccc1C(=O)NC1Cc2ccccc2C1. The zero-order valence-corrected chi connectivity index (χ0v) is 12.9. The smallest absolute Gasteiger partial charge is 0.251 e. The molecule has 0 aliphatic heterocycles. The molecule has 0 heterocycles. The highest BCUT2D eigenvalue weighted by molar-refractivity contribution is 5.96. The van der Waals surface area contributed by atoms with Crippen molar-refractivity contribution in [3.8, 4) is 0 Å². The van der Waals surface area contributed by atoms with E-state index < -0.39 is 0 Å². The summed E-state index contributed by atoms with van der Waals surface area (Å²) in [6.07, 6.45) is 2.73. The fraction of sp³-hybridized carbons (Fsp3) is 0.316. The second-order valence-electron chi connectivity index (χ2n) is 5.86. The lowest BCUT2D eigenvalue weighted by Crippen LogP contribution is -2.36. The Bertz CT molecular complexity index is 641. The van der Waals surface area contributed by atoms with Crippen molar-refractivity contribution in [2.45, 2.75) is 25.3 Å². The summed E-state index contributed by atoms with van der Waals surface area (Å²) in [5.41, 5.74) is 4.62. The van der Waals surface area contributed by atoms with Gasteiger partial charge >= 0.3 is 0 Å². The zero-order valence-electron chi connectivity index (χ0n) is 12.9. The summed E-state index contributed by atoms with van der Waals surface area (Å²) in [4.78, 5) is 12.6. The van der Waals surface area contributed by atoms with Gasteiger partial charge in [0.2, 0.25) is 0 Å².